The first-order valence-corrected chi connectivity index (χ1v) is 19.4. The molecule has 3 N–H and O–H groups in total. The quantitative estimate of drug-likeness (QED) is 0.353. The molecular formula is C34H41ClF3N5O8S. The van der Waals surface area contributed by atoms with Gasteiger partial charge in [-0.1, -0.05) is 48.7 Å². The van der Waals surface area contributed by atoms with Gasteiger partial charge in [0.1, 0.15) is 23.7 Å². The Morgan fingerprint density at radius 3 is 2.56 bits per heavy atom. The third kappa shape index (κ3) is 8.67. The van der Waals surface area contributed by atoms with Crippen LogP contribution in [0, 0.1) is 5.92 Å². The third-order valence-corrected chi connectivity index (χ3v) is 12.4. The summed E-state index contributed by atoms with van der Waals surface area (Å²) in [4.78, 5) is 70.4. The van der Waals surface area contributed by atoms with Crippen molar-refractivity contribution in [2.75, 3.05) is 6.54 Å². The lowest BCUT2D eigenvalue weighted by molar-refractivity contribution is -0.146. The summed E-state index contributed by atoms with van der Waals surface area (Å²) < 4.78 is 72.0. The third-order valence-electron chi connectivity index (χ3n) is 10.3. The van der Waals surface area contributed by atoms with Gasteiger partial charge in [0.15, 0.2) is 0 Å². The van der Waals surface area contributed by atoms with Crippen molar-refractivity contribution in [2.45, 2.75) is 119 Å². The minimum atomic E-state index is -4.59. The van der Waals surface area contributed by atoms with E-state index in [1.165, 1.54) is 4.90 Å². The van der Waals surface area contributed by atoms with Crippen LogP contribution in [-0.2, 0) is 47.0 Å². The fourth-order valence-corrected chi connectivity index (χ4v) is 8.71. The lowest BCUT2D eigenvalue weighted by Crippen LogP contribution is -2.58. The van der Waals surface area contributed by atoms with E-state index in [0.717, 1.165) is 16.0 Å². The maximum Gasteiger partial charge on any atom is 0.410 e. The van der Waals surface area contributed by atoms with Crippen LogP contribution >= 0.6 is 11.6 Å². The number of benzene rings is 1. The fourth-order valence-electron chi connectivity index (χ4n) is 7.10. The van der Waals surface area contributed by atoms with Crippen LogP contribution in [0.5, 0.6) is 0 Å². The number of hydrogen-bond donors (Lipinski definition) is 3. The van der Waals surface area contributed by atoms with Crippen molar-refractivity contribution >= 4 is 51.3 Å². The van der Waals surface area contributed by atoms with Gasteiger partial charge in [-0.2, -0.15) is 13.2 Å². The Morgan fingerprint density at radius 2 is 1.85 bits per heavy atom. The zero-order chi connectivity index (χ0) is 37.4. The predicted molar refractivity (Wildman–Crippen MR) is 180 cm³/mol. The standard InChI is InChI=1S/C34H41ClF3N5O8S/c35-25-9-6-7-20-17-42(19-24(20)25)32(48)51-22-15-27-29(45)40-33(31(47)41-52(49,50)23-11-12-23)16-21(33)8-4-2-1-3-5-10-26(30(46)43(27)18-22)39-28(44)13-14-34(36,37)38/h4,6-9,21-23,26-27H,1-3,5,10-19H2,(H,39,44)(H,40,45)(H,41,47)/t21-,22-,26+,27+,33-/m1/s1. The largest absolute Gasteiger partial charge is 0.444 e. The average Bonchev–Trinajstić information content (AvgIpc) is 3.96. The monoisotopic (exact) mass is 771 g/mol. The van der Waals surface area contributed by atoms with E-state index in [0.29, 0.717) is 43.5 Å². The number of halogens is 4. The number of carbonyl (C=O) groups is 5. The Labute approximate surface area is 304 Å². The Balaban J connectivity index is 1.24. The van der Waals surface area contributed by atoms with Crippen LogP contribution in [0.1, 0.15) is 81.8 Å². The van der Waals surface area contributed by atoms with Gasteiger partial charge in [-0.05, 0) is 55.7 Å². The molecule has 6 rings (SSSR count). The Hall–Kier alpha value is -3.86. The molecule has 13 nitrogen and oxygen atoms in total. The van der Waals surface area contributed by atoms with Gasteiger partial charge in [-0.15, -0.1) is 0 Å². The molecule has 1 aromatic carbocycles. The highest BCUT2D eigenvalue weighted by molar-refractivity contribution is 7.91. The molecule has 0 spiro atoms. The smallest absolute Gasteiger partial charge is 0.410 e. The number of amides is 5. The van der Waals surface area contributed by atoms with Crippen LogP contribution in [0.2, 0.25) is 5.02 Å². The Bertz CT molecular complexity index is 1760. The number of sulfonamides is 1. The van der Waals surface area contributed by atoms with E-state index in [2.05, 4.69) is 15.4 Å². The van der Waals surface area contributed by atoms with E-state index in [4.69, 9.17) is 16.3 Å². The highest BCUT2D eigenvalue weighted by Crippen LogP contribution is 2.46. The zero-order valence-electron chi connectivity index (χ0n) is 28.3. The molecule has 0 radical (unpaired) electrons. The molecular weight excluding hydrogens is 731 g/mol. The van der Waals surface area contributed by atoms with Crippen molar-refractivity contribution in [1.82, 2.24) is 25.2 Å². The van der Waals surface area contributed by atoms with Crippen molar-refractivity contribution < 1.29 is 50.3 Å². The van der Waals surface area contributed by atoms with Crippen molar-refractivity contribution in [1.29, 1.82) is 0 Å². The van der Waals surface area contributed by atoms with Crippen LogP contribution < -0.4 is 15.4 Å². The summed E-state index contributed by atoms with van der Waals surface area (Å²) in [7, 11) is -3.96. The van der Waals surface area contributed by atoms with E-state index in [1.807, 2.05) is 12.1 Å². The molecule has 18 heteroatoms. The van der Waals surface area contributed by atoms with Crippen LogP contribution in [0.25, 0.3) is 0 Å². The van der Waals surface area contributed by atoms with Gasteiger partial charge < -0.3 is 20.3 Å². The summed E-state index contributed by atoms with van der Waals surface area (Å²) in [6.45, 7) is 0.115. The summed E-state index contributed by atoms with van der Waals surface area (Å²) in [6, 6.07) is 2.68. The number of fused-ring (bicyclic) bond motifs is 3. The summed E-state index contributed by atoms with van der Waals surface area (Å²) in [5.41, 5.74) is -0.0212. The molecule has 3 heterocycles. The zero-order valence-corrected chi connectivity index (χ0v) is 29.8. The van der Waals surface area contributed by atoms with Crippen LogP contribution in [0.15, 0.2) is 30.4 Å². The van der Waals surface area contributed by atoms with Crippen LogP contribution in [0.4, 0.5) is 18.0 Å². The number of alkyl halides is 3. The van der Waals surface area contributed by atoms with E-state index in [1.54, 1.807) is 18.2 Å². The molecule has 5 atom stereocenters. The lowest BCUT2D eigenvalue weighted by Gasteiger charge is -2.30. The first-order valence-electron chi connectivity index (χ1n) is 17.5. The number of allylic oxidation sites excluding steroid dienone is 1. The van der Waals surface area contributed by atoms with Gasteiger partial charge in [-0.25, -0.2) is 13.2 Å². The minimum absolute atomic E-state index is 0.0798. The maximum atomic E-state index is 14.2. The van der Waals surface area contributed by atoms with Crippen molar-refractivity contribution in [3.63, 3.8) is 0 Å². The average molecular weight is 772 g/mol. The van der Waals surface area contributed by atoms with Crippen molar-refractivity contribution in [3.05, 3.63) is 46.5 Å². The maximum absolute atomic E-state index is 14.2. The predicted octanol–water partition coefficient (Wildman–Crippen LogP) is 3.59. The fraction of sp³-hybridized carbons (Fsp3) is 0.618. The molecule has 52 heavy (non-hydrogen) atoms. The second kappa shape index (κ2) is 14.9. The highest BCUT2D eigenvalue weighted by Gasteiger charge is 2.62. The Kier molecular flexibility index (Phi) is 10.8. The topological polar surface area (TPSA) is 171 Å². The number of carbonyl (C=O) groups excluding carboxylic acids is 5. The first kappa shape index (κ1) is 37.9. The van der Waals surface area contributed by atoms with Gasteiger partial charge in [0, 0.05) is 30.3 Å². The molecule has 2 aliphatic carbocycles. The normalized spacial score (nSPS) is 28.1. The molecule has 3 fully saturated rings. The van der Waals surface area contributed by atoms with Crippen molar-refractivity contribution in [3.8, 4) is 0 Å². The number of nitrogens with one attached hydrogen (secondary N) is 3. The van der Waals surface area contributed by atoms with E-state index in [-0.39, 0.29) is 38.9 Å². The summed E-state index contributed by atoms with van der Waals surface area (Å²) in [6.07, 6.45) is -1.92. The van der Waals surface area contributed by atoms with Crippen LogP contribution in [0.3, 0.4) is 0 Å². The summed E-state index contributed by atoms with van der Waals surface area (Å²) >= 11 is 6.31. The Morgan fingerprint density at radius 1 is 1.08 bits per heavy atom. The van der Waals surface area contributed by atoms with Crippen LogP contribution in [-0.4, -0.2) is 89.6 Å². The molecule has 1 aromatic rings. The molecule has 0 aromatic heterocycles. The lowest BCUT2D eigenvalue weighted by atomic mass is 10.0. The molecule has 2 saturated carbocycles. The SMILES string of the molecule is O=C(CCC(F)(F)F)N[C@H]1CCCCCC=C[C@@H]2C[C@@]2(C(=O)NS(=O)(=O)C2CC2)NC(=O)[C@@H]2C[C@@H](OC(=O)N3Cc4cccc(Cl)c4C3)CN2C1=O. The summed E-state index contributed by atoms with van der Waals surface area (Å²) in [5, 5.41) is 4.93. The van der Waals surface area contributed by atoms with E-state index < -0.39 is 93.7 Å². The number of ether oxygens (including phenoxy) is 1. The molecule has 284 valence electrons. The van der Waals surface area contributed by atoms with Crippen molar-refractivity contribution in [2.24, 2.45) is 5.92 Å². The van der Waals surface area contributed by atoms with Gasteiger partial charge in [0.05, 0.1) is 24.8 Å². The molecule has 0 unspecified atom stereocenters. The molecule has 3 aliphatic heterocycles. The van der Waals surface area contributed by atoms with Gasteiger partial charge >= 0.3 is 12.3 Å². The number of nitrogens with zero attached hydrogens (tertiary/aromatic N) is 2. The molecule has 5 aliphatic rings. The highest BCUT2D eigenvalue weighted by atomic mass is 35.5. The first-order chi connectivity index (χ1) is 24.6. The summed E-state index contributed by atoms with van der Waals surface area (Å²) in [5.74, 6) is -3.97. The van der Waals surface area contributed by atoms with E-state index in [9.17, 15) is 45.6 Å². The molecule has 1 saturated heterocycles. The minimum Gasteiger partial charge on any atom is -0.444 e. The number of hydrogen-bond acceptors (Lipinski definition) is 8. The molecule has 5 amide bonds. The van der Waals surface area contributed by atoms with Gasteiger partial charge in [0.2, 0.25) is 27.7 Å². The van der Waals surface area contributed by atoms with E-state index >= 15 is 0 Å². The molecule has 0 bridgehead atoms. The van der Waals surface area contributed by atoms with Gasteiger partial charge in [-0.3, -0.25) is 28.8 Å². The second-order valence-corrected chi connectivity index (χ2v) is 16.6. The van der Waals surface area contributed by atoms with Gasteiger partial charge in [0.25, 0.3) is 5.91 Å². The second-order valence-electron chi connectivity index (χ2n) is 14.2. The number of rotatable bonds is 7.